The number of phosphoric acid groups is 1. The maximum absolute atomic E-state index is 13.5. The molecule has 4 aromatic rings. The standard InChI is InChI=1S/C38H35Cl4N6O11P/c1-17-8-29(48-16-47-34-35(43)45-15-46-36(34)48)59-28(17)14-57-60(54,55)56-7-5-3-2-4-6-44-37(51)20-11-23(41)31(38(52)53)32(33(20)42)30-18-9-21(39)24(49)12-26(18)58-27-13-25(50)22(40)10-19(27)30/h9-13,15-17,28-29,49H,2-8,14H2,1H3,(H,44,51)(H,52,53)(H,54,55)(H2,43,45,46)/t17?,28-,29-/m1/s1. The number of phenolic OH excluding ortho intramolecular Hbond substituents is 1. The first-order valence-corrected chi connectivity index (χ1v) is 21.4. The second-order valence-corrected chi connectivity index (χ2v) is 17.1. The Kier molecular flexibility index (Phi) is 12.9. The largest absolute Gasteiger partial charge is 0.506 e. The van der Waals surface area contributed by atoms with Gasteiger partial charge in [-0.3, -0.25) is 23.2 Å². The number of nitrogen functional groups attached to an aromatic ring is 1. The molecule has 2 unspecified atom stereocenters. The van der Waals surface area contributed by atoms with Gasteiger partial charge < -0.3 is 35.3 Å². The van der Waals surface area contributed by atoms with Crippen LogP contribution in [0.5, 0.6) is 5.75 Å². The molecule has 7 rings (SSSR count). The molecule has 17 nitrogen and oxygen atoms in total. The van der Waals surface area contributed by atoms with Crippen LogP contribution in [0.1, 0.15) is 66.0 Å². The molecular weight excluding hydrogens is 889 g/mol. The summed E-state index contributed by atoms with van der Waals surface area (Å²) in [6.07, 6.45) is 4.68. The Morgan fingerprint density at radius 3 is 2.53 bits per heavy atom. The van der Waals surface area contributed by atoms with Crippen LogP contribution in [-0.4, -0.2) is 72.4 Å². The number of hydrogen-bond acceptors (Lipinski definition) is 13. The maximum Gasteiger partial charge on any atom is 0.472 e. The van der Waals surface area contributed by atoms with Crippen LogP contribution in [-0.2, 0) is 18.3 Å². The molecule has 6 N–H and O–H groups in total. The average molecular weight is 925 g/mol. The molecule has 4 atom stereocenters. The van der Waals surface area contributed by atoms with E-state index in [4.69, 9.17) is 70.3 Å². The minimum absolute atomic E-state index is 0.0161. The Bertz CT molecular complexity index is 2730. The number of nitrogens with one attached hydrogen (secondary N) is 1. The quantitative estimate of drug-likeness (QED) is 0.0369. The van der Waals surface area contributed by atoms with Gasteiger partial charge in [0.2, 0.25) is 5.43 Å². The Hall–Kier alpha value is -4.55. The summed E-state index contributed by atoms with van der Waals surface area (Å²) < 4.78 is 36.8. The number of carboxylic acid groups (broad SMARTS) is 1. The van der Waals surface area contributed by atoms with Crippen molar-refractivity contribution < 1.29 is 47.5 Å². The van der Waals surface area contributed by atoms with Gasteiger partial charge in [-0.2, -0.15) is 0 Å². The van der Waals surface area contributed by atoms with E-state index in [1.54, 1.807) is 10.9 Å². The number of carbonyl (C=O) groups is 2. The minimum atomic E-state index is -4.38. The second-order valence-electron chi connectivity index (χ2n) is 14.0. The third-order valence-electron chi connectivity index (χ3n) is 10.0. The highest BCUT2D eigenvalue weighted by Gasteiger charge is 2.37. The summed E-state index contributed by atoms with van der Waals surface area (Å²) in [5.74, 6) is -2.26. The summed E-state index contributed by atoms with van der Waals surface area (Å²) in [6.45, 7) is 1.90. The lowest BCUT2D eigenvalue weighted by atomic mass is 9.89. The van der Waals surface area contributed by atoms with E-state index in [0.29, 0.717) is 43.3 Å². The van der Waals surface area contributed by atoms with Crippen molar-refractivity contribution in [3.8, 4) is 28.2 Å². The highest BCUT2D eigenvalue weighted by Crippen LogP contribution is 2.49. The van der Waals surface area contributed by atoms with Gasteiger partial charge in [0.1, 0.15) is 35.2 Å². The number of aromatic carboxylic acids is 1. The second kappa shape index (κ2) is 17.8. The van der Waals surface area contributed by atoms with Gasteiger partial charge >= 0.3 is 13.8 Å². The SMILES string of the molecule is CC1C[C@H](n2cnc3c(N)ncnc32)O[C@@H]1COP(=O)(O)OCCCCCCNC(=O)c1cc(Cl)c(C(=O)O)c(-c2c3cc(Cl)c(=O)cc-3oc3cc(O)c(Cl)cc23)c1Cl. The molecule has 3 aliphatic rings. The monoisotopic (exact) mass is 922 g/mol. The summed E-state index contributed by atoms with van der Waals surface area (Å²) >= 11 is 25.9. The Labute approximate surface area is 360 Å². The lowest BCUT2D eigenvalue weighted by molar-refractivity contribution is -0.0291. The van der Waals surface area contributed by atoms with Crippen molar-refractivity contribution >= 4 is 94.1 Å². The molecular formula is C38H35Cl4N6O11P. The van der Waals surface area contributed by atoms with Gasteiger partial charge in [0.15, 0.2) is 11.5 Å². The molecule has 316 valence electrons. The van der Waals surface area contributed by atoms with Crippen LogP contribution in [0.25, 0.3) is 44.6 Å². The zero-order valence-electron chi connectivity index (χ0n) is 31.4. The van der Waals surface area contributed by atoms with E-state index in [1.807, 2.05) is 6.92 Å². The molecule has 4 heterocycles. The average Bonchev–Trinajstić information content (AvgIpc) is 3.80. The van der Waals surface area contributed by atoms with E-state index in [9.17, 15) is 34.1 Å². The van der Waals surface area contributed by atoms with Gasteiger partial charge in [-0.1, -0.05) is 66.2 Å². The van der Waals surface area contributed by atoms with Crippen LogP contribution in [0.2, 0.25) is 20.1 Å². The number of nitrogens with zero attached hydrogens (tertiary/aromatic N) is 4. The van der Waals surface area contributed by atoms with E-state index in [-0.39, 0.29) is 96.3 Å². The number of halogens is 4. The number of amides is 1. The van der Waals surface area contributed by atoms with Crippen molar-refractivity contribution in [2.24, 2.45) is 5.92 Å². The van der Waals surface area contributed by atoms with Crippen molar-refractivity contribution in [2.75, 3.05) is 25.5 Å². The molecule has 2 aliphatic heterocycles. The summed E-state index contributed by atoms with van der Waals surface area (Å²) in [4.78, 5) is 61.4. The number of ether oxygens (including phenoxy) is 1. The highest BCUT2D eigenvalue weighted by molar-refractivity contribution is 7.47. The number of fused-ring (bicyclic) bond motifs is 3. The molecule has 22 heteroatoms. The van der Waals surface area contributed by atoms with Crippen molar-refractivity contribution in [2.45, 2.75) is 51.4 Å². The maximum atomic E-state index is 13.5. The number of carbonyl (C=O) groups excluding carboxylic acids is 1. The number of phosphoric ester groups is 1. The molecule has 1 aliphatic carbocycles. The number of benzene rings is 3. The number of aromatic nitrogens is 4. The predicted molar refractivity (Wildman–Crippen MR) is 223 cm³/mol. The fourth-order valence-electron chi connectivity index (χ4n) is 6.99. The molecule has 0 spiro atoms. The van der Waals surface area contributed by atoms with Gasteiger partial charge in [0.25, 0.3) is 5.91 Å². The first kappa shape index (κ1) is 43.5. The van der Waals surface area contributed by atoms with E-state index >= 15 is 0 Å². The number of phenols is 1. The fraction of sp³-hybridized carbons (Fsp3) is 0.316. The molecule has 2 aromatic carbocycles. The van der Waals surface area contributed by atoms with Crippen molar-refractivity contribution in [3.05, 3.63) is 84.4 Å². The third kappa shape index (κ3) is 8.91. The number of aromatic hydroxyl groups is 1. The van der Waals surface area contributed by atoms with Gasteiger partial charge in [0.05, 0.1) is 56.9 Å². The van der Waals surface area contributed by atoms with Crippen molar-refractivity contribution in [3.63, 3.8) is 0 Å². The lowest BCUT2D eigenvalue weighted by Crippen LogP contribution is -2.25. The van der Waals surface area contributed by atoms with Crippen LogP contribution >= 0.6 is 54.2 Å². The van der Waals surface area contributed by atoms with Gasteiger partial charge in [-0.25, -0.2) is 24.3 Å². The number of anilines is 1. The van der Waals surface area contributed by atoms with Crippen LogP contribution < -0.4 is 16.5 Å². The van der Waals surface area contributed by atoms with Crippen molar-refractivity contribution in [1.82, 2.24) is 24.8 Å². The molecule has 2 aromatic heterocycles. The molecule has 0 saturated carbocycles. The molecule has 0 bridgehead atoms. The van der Waals surface area contributed by atoms with E-state index < -0.39 is 43.0 Å². The summed E-state index contributed by atoms with van der Waals surface area (Å²) in [5, 5.41) is 22.6. The zero-order chi connectivity index (χ0) is 43.0. The van der Waals surface area contributed by atoms with Crippen LogP contribution in [0.15, 0.2) is 52.2 Å². The van der Waals surface area contributed by atoms with E-state index in [2.05, 4.69) is 20.3 Å². The zero-order valence-corrected chi connectivity index (χ0v) is 35.3. The number of rotatable bonds is 15. The van der Waals surface area contributed by atoms with Gasteiger partial charge in [-0.15, -0.1) is 0 Å². The minimum Gasteiger partial charge on any atom is -0.506 e. The first-order chi connectivity index (χ1) is 28.5. The topological polar surface area (TPSA) is 251 Å². The van der Waals surface area contributed by atoms with Crippen LogP contribution in [0.3, 0.4) is 0 Å². The highest BCUT2D eigenvalue weighted by atomic mass is 35.5. The van der Waals surface area contributed by atoms with Crippen LogP contribution in [0.4, 0.5) is 5.82 Å². The lowest BCUT2D eigenvalue weighted by Gasteiger charge is -2.20. The number of hydrogen-bond donors (Lipinski definition) is 5. The summed E-state index contributed by atoms with van der Waals surface area (Å²) in [7, 11) is -4.38. The number of imidazole rings is 1. The third-order valence-corrected chi connectivity index (χ3v) is 12.3. The molecule has 0 radical (unpaired) electrons. The number of unbranched alkanes of at least 4 members (excludes halogenated alkanes) is 3. The molecule has 60 heavy (non-hydrogen) atoms. The summed E-state index contributed by atoms with van der Waals surface area (Å²) in [5.41, 5.74) is 5.78. The normalized spacial score (nSPS) is 17.7. The molecule has 1 saturated heterocycles. The molecule has 1 amide bonds. The fourth-order valence-corrected chi connectivity index (χ4v) is 8.70. The smallest absolute Gasteiger partial charge is 0.472 e. The number of carboxylic acids is 1. The Morgan fingerprint density at radius 2 is 1.77 bits per heavy atom. The number of nitrogens with two attached hydrogens (primary N) is 1. The first-order valence-electron chi connectivity index (χ1n) is 18.4. The predicted octanol–water partition coefficient (Wildman–Crippen LogP) is 8.35. The molecule has 1 fully saturated rings. The van der Waals surface area contributed by atoms with Crippen LogP contribution in [0, 0.1) is 5.92 Å². The van der Waals surface area contributed by atoms with Gasteiger partial charge in [-0.05, 0) is 43.4 Å². The van der Waals surface area contributed by atoms with Gasteiger partial charge in [0, 0.05) is 40.8 Å². The Balaban J connectivity index is 0.939. The van der Waals surface area contributed by atoms with Crippen molar-refractivity contribution in [1.29, 1.82) is 0 Å². The Morgan fingerprint density at radius 1 is 1.00 bits per heavy atom. The van der Waals surface area contributed by atoms with E-state index in [0.717, 1.165) is 12.1 Å². The summed E-state index contributed by atoms with van der Waals surface area (Å²) in [6, 6.07) is 6.03. The van der Waals surface area contributed by atoms with E-state index in [1.165, 1.54) is 24.5 Å².